The average Bonchev–Trinajstić information content (AvgIpc) is 2.51. The van der Waals surface area contributed by atoms with Gasteiger partial charge in [-0.2, -0.15) is 0 Å². The molecule has 1 rings (SSSR count). The molecule has 0 aliphatic rings. The maximum absolute atomic E-state index is 5.56. The fourth-order valence-electron chi connectivity index (χ4n) is 2.21. The van der Waals surface area contributed by atoms with Gasteiger partial charge in [-0.05, 0) is 31.8 Å². The molecule has 0 radical (unpaired) electrons. The molecule has 0 aliphatic heterocycles. The summed E-state index contributed by atoms with van der Waals surface area (Å²) in [4.78, 5) is 4.35. The van der Waals surface area contributed by atoms with Crippen molar-refractivity contribution < 1.29 is 4.74 Å². The number of benzene rings is 1. The van der Waals surface area contributed by atoms with Crippen LogP contribution in [0.5, 0.6) is 5.75 Å². The molecule has 0 aromatic heterocycles. The Labute approximate surface area is 135 Å². The van der Waals surface area contributed by atoms with Gasteiger partial charge in [0.15, 0.2) is 0 Å². The molecule has 0 fully saturated rings. The fraction of sp³-hybridized carbons (Fsp3) is 0.444. The van der Waals surface area contributed by atoms with Crippen molar-refractivity contribution in [3.05, 3.63) is 49.1 Å². The van der Waals surface area contributed by atoms with E-state index in [2.05, 4.69) is 60.6 Å². The van der Waals surface area contributed by atoms with Gasteiger partial charge in [-0.25, -0.2) is 0 Å². The van der Waals surface area contributed by atoms with E-state index >= 15 is 0 Å². The van der Waals surface area contributed by atoms with Gasteiger partial charge in [0.25, 0.3) is 0 Å². The molecular weight excluding hydrogens is 274 g/mol. The molecule has 0 aliphatic carbocycles. The Hall–Kier alpha value is -1.78. The van der Waals surface area contributed by atoms with Gasteiger partial charge >= 0.3 is 0 Å². The summed E-state index contributed by atoms with van der Waals surface area (Å²) in [7, 11) is 5.86. The number of ether oxygens (including phenoxy) is 1. The Kier molecular flexibility index (Phi) is 8.33. The Balaban J connectivity index is 2.76. The lowest BCUT2D eigenvalue weighted by molar-refractivity contribution is 0.399. The van der Waals surface area contributed by atoms with Gasteiger partial charge in [-0.3, -0.25) is 0 Å². The Morgan fingerprint density at radius 3 is 2.41 bits per heavy atom. The van der Waals surface area contributed by atoms with Crippen LogP contribution >= 0.6 is 0 Å². The predicted octanol–water partition coefficient (Wildman–Crippen LogP) is 2.52. The number of rotatable bonds is 11. The smallest absolute Gasteiger partial charge is 0.142 e. The van der Waals surface area contributed by atoms with Crippen LogP contribution in [0.2, 0.25) is 0 Å². The standard InChI is InChI=1S/C18H29N3O/c1-6-11-21(12-7-2)17-9-8-16(14-18(17)22-5)15-19-10-13-20(3)4/h6-9,14,19H,1-2,10-13,15H2,3-5H3. The van der Waals surface area contributed by atoms with Crippen LogP contribution < -0.4 is 15.0 Å². The normalized spacial score (nSPS) is 10.5. The highest BCUT2D eigenvalue weighted by atomic mass is 16.5. The fourth-order valence-corrected chi connectivity index (χ4v) is 2.21. The number of anilines is 1. The van der Waals surface area contributed by atoms with Gasteiger partial charge in [0.05, 0.1) is 12.8 Å². The molecule has 0 saturated carbocycles. The van der Waals surface area contributed by atoms with Crippen molar-refractivity contribution in [1.82, 2.24) is 10.2 Å². The van der Waals surface area contributed by atoms with Gasteiger partial charge in [0.1, 0.15) is 5.75 Å². The van der Waals surface area contributed by atoms with Crippen molar-refractivity contribution in [3.8, 4) is 5.75 Å². The van der Waals surface area contributed by atoms with E-state index in [0.717, 1.165) is 44.2 Å². The van der Waals surface area contributed by atoms with Crippen LogP contribution in [0.25, 0.3) is 0 Å². The molecular formula is C18H29N3O. The maximum Gasteiger partial charge on any atom is 0.142 e. The molecule has 22 heavy (non-hydrogen) atoms. The van der Waals surface area contributed by atoms with Crippen molar-refractivity contribution in [2.45, 2.75) is 6.54 Å². The summed E-state index contributed by atoms with van der Waals surface area (Å²) >= 11 is 0. The van der Waals surface area contributed by atoms with Crippen LogP contribution in [0.1, 0.15) is 5.56 Å². The van der Waals surface area contributed by atoms with Crippen LogP contribution in [-0.4, -0.2) is 52.3 Å². The minimum absolute atomic E-state index is 0.767. The molecule has 0 amide bonds. The number of hydrogen-bond donors (Lipinski definition) is 1. The average molecular weight is 303 g/mol. The Bertz CT molecular complexity index is 461. The lowest BCUT2D eigenvalue weighted by Gasteiger charge is -2.24. The summed E-state index contributed by atoms with van der Waals surface area (Å²) < 4.78 is 5.56. The molecule has 1 N–H and O–H groups in total. The number of likely N-dealkylation sites (N-methyl/N-ethyl adjacent to an activating group) is 1. The molecule has 0 unspecified atom stereocenters. The van der Waals surface area contributed by atoms with Crippen molar-refractivity contribution in [1.29, 1.82) is 0 Å². The number of nitrogens with one attached hydrogen (secondary N) is 1. The SMILES string of the molecule is C=CCN(CC=C)c1ccc(CNCCN(C)C)cc1OC. The van der Waals surface area contributed by atoms with E-state index in [-0.39, 0.29) is 0 Å². The van der Waals surface area contributed by atoms with Crippen molar-refractivity contribution >= 4 is 5.69 Å². The molecule has 0 atom stereocenters. The summed E-state index contributed by atoms with van der Waals surface area (Å²) in [6.45, 7) is 12.0. The minimum atomic E-state index is 0.767. The molecule has 4 nitrogen and oxygen atoms in total. The summed E-state index contributed by atoms with van der Waals surface area (Å²) in [6, 6.07) is 6.34. The lowest BCUT2D eigenvalue weighted by Crippen LogP contribution is -2.26. The van der Waals surface area contributed by atoms with Gasteiger partial charge in [-0.15, -0.1) is 13.2 Å². The number of nitrogens with zero attached hydrogens (tertiary/aromatic N) is 2. The zero-order chi connectivity index (χ0) is 16.4. The van der Waals surface area contributed by atoms with E-state index in [0.29, 0.717) is 0 Å². The van der Waals surface area contributed by atoms with Crippen molar-refractivity contribution in [2.24, 2.45) is 0 Å². The zero-order valence-corrected chi connectivity index (χ0v) is 14.1. The molecule has 1 aromatic carbocycles. The van der Waals surface area contributed by atoms with Crippen LogP contribution in [0.3, 0.4) is 0 Å². The first kappa shape index (κ1) is 18.3. The van der Waals surface area contributed by atoms with E-state index in [9.17, 15) is 0 Å². The van der Waals surface area contributed by atoms with E-state index < -0.39 is 0 Å². The van der Waals surface area contributed by atoms with Crippen LogP contribution in [-0.2, 0) is 6.54 Å². The highest BCUT2D eigenvalue weighted by molar-refractivity contribution is 5.60. The lowest BCUT2D eigenvalue weighted by atomic mass is 10.1. The molecule has 1 aromatic rings. The quantitative estimate of drug-likeness (QED) is 0.502. The third kappa shape index (κ3) is 5.92. The van der Waals surface area contributed by atoms with Gasteiger partial charge in [0, 0.05) is 32.7 Å². The highest BCUT2D eigenvalue weighted by Gasteiger charge is 2.10. The monoisotopic (exact) mass is 303 g/mol. The second-order valence-electron chi connectivity index (χ2n) is 5.47. The van der Waals surface area contributed by atoms with Crippen LogP contribution in [0.4, 0.5) is 5.69 Å². The largest absolute Gasteiger partial charge is 0.495 e. The first-order chi connectivity index (χ1) is 10.6. The molecule has 122 valence electrons. The van der Waals surface area contributed by atoms with E-state index in [1.165, 1.54) is 5.56 Å². The summed E-state index contributed by atoms with van der Waals surface area (Å²) in [6.07, 6.45) is 3.78. The molecule has 0 spiro atoms. The van der Waals surface area contributed by atoms with Crippen LogP contribution in [0.15, 0.2) is 43.5 Å². The minimum Gasteiger partial charge on any atom is -0.495 e. The summed E-state index contributed by atoms with van der Waals surface area (Å²) in [5, 5.41) is 3.44. The highest BCUT2D eigenvalue weighted by Crippen LogP contribution is 2.29. The second-order valence-corrected chi connectivity index (χ2v) is 5.47. The second kappa shape index (κ2) is 10.0. The summed E-state index contributed by atoms with van der Waals surface area (Å²) in [5.74, 6) is 0.885. The molecule has 4 heteroatoms. The molecule has 0 heterocycles. The summed E-state index contributed by atoms with van der Waals surface area (Å²) in [5.41, 5.74) is 2.29. The third-order valence-corrected chi connectivity index (χ3v) is 3.35. The zero-order valence-electron chi connectivity index (χ0n) is 14.1. The molecule has 0 bridgehead atoms. The predicted molar refractivity (Wildman–Crippen MR) is 95.9 cm³/mol. The third-order valence-electron chi connectivity index (χ3n) is 3.35. The maximum atomic E-state index is 5.56. The van der Waals surface area contributed by atoms with Crippen molar-refractivity contribution in [3.63, 3.8) is 0 Å². The van der Waals surface area contributed by atoms with Gasteiger partial charge in [-0.1, -0.05) is 18.2 Å². The Morgan fingerprint density at radius 2 is 1.86 bits per heavy atom. The topological polar surface area (TPSA) is 27.7 Å². The molecule has 0 saturated heterocycles. The number of methoxy groups -OCH3 is 1. The van der Waals surface area contributed by atoms with Gasteiger partial charge in [0.2, 0.25) is 0 Å². The van der Waals surface area contributed by atoms with E-state index in [4.69, 9.17) is 4.74 Å². The van der Waals surface area contributed by atoms with Gasteiger partial charge < -0.3 is 19.9 Å². The van der Waals surface area contributed by atoms with Crippen LogP contribution in [0, 0.1) is 0 Å². The number of hydrogen-bond acceptors (Lipinski definition) is 4. The van der Waals surface area contributed by atoms with Crippen molar-refractivity contribution in [2.75, 3.05) is 52.3 Å². The first-order valence-electron chi connectivity index (χ1n) is 7.61. The first-order valence-corrected chi connectivity index (χ1v) is 7.61. The Morgan fingerprint density at radius 1 is 1.18 bits per heavy atom. The van der Waals surface area contributed by atoms with E-state index in [1.54, 1.807) is 7.11 Å². The van der Waals surface area contributed by atoms with E-state index in [1.807, 2.05) is 12.2 Å².